The molecule has 0 aliphatic carbocycles. The third-order valence-electron chi connectivity index (χ3n) is 2.81. The lowest BCUT2D eigenvalue weighted by Crippen LogP contribution is -2.20. The predicted octanol–water partition coefficient (Wildman–Crippen LogP) is 2.47. The minimum atomic E-state index is -0.186. The fraction of sp³-hybridized carbons (Fsp3) is 0.188. The molecule has 0 atom stereocenters. The lowest BCUT2D eigenvalue weighted by molar-refractivity contribution is -0.118. The van der Waals surface area contributed by atoms with Crippen molar-refractivity contribution in [2.45, 2.75) is 13.5 Å². The molecule has 3 N–H and O–H groups in total. The first-order valence-corrected chi connectivity index (χ1v) is 6.46. The van der Waals surface area contributed by atoms with Crippen LogP contribution in [0.2, 0.25) is 0 Å². The van der Waals surface area contributed by atoms with Crippen molar-refractivity contribution in [1.82, 2.24) is 0 Å². The Labute approximate surface area is 118 Å². The van der Waals surface area contributed by atoms with E-state index in [0.717, 1.165) is 16.8 Å². The van der Waals surface area contributed by atoms with Gasteiger partial charge < -0.3 is 15.8 Å². The summed E-state index contributed by atoms with van der Waals surface area (Å²) >= 11 is 0. The monoisotopic (exact) mass is 270 g/mol. The molecule has 2 aromatic carbocycles. The van der Waals surface area contributed by atoms with Crippen molar-refractivity contribution in [1.29, 1.82) is 0 Å². The summed E-state index contributed by atoms with van der Waals surface area (Å²) in [6.07, 6.45) is 0. The summed E-state index contributed by atoms with van der Waals surface area (Å²) < 4.78 is 5.45. The molecule has 2 aromatic rings. The van der Waals surface area contributed by atoms with Crippen LogP contribution in [0.5, 0.6) is 5.75 Å². The molecule has 20 heavy (non-hydrogen) atoms. The first-order chi connectivity index (χ1) is 9.67. The van der Waals surface area contributed by atoms with Gasteiger partial charge in [0, 0.05) is 12.2 Å². The number of ether oxygens (including phenoxy) is 1. The van der Waals surface area contributed by atoms with Crippen molar-refractivity contribution in [3.8, 4) is 5.75 Å². The lowest BCUT2D eigenvalue weighted by atomic mass is 10.2. The van der Waals surface area contributed by atoms with Crippen LogP contribution in [0.4, 0.5) is 5.69 Å². The molecule has 4 nitrogen and oxygen atoms in total. The Kier molecular flexibility index (Phi) is 4.74. The van der Waals surface area contributed by atoms with E-state index in [9.17, 15) is 4.79 Å². The van der Waals surface area contributed by atoms with Gasteiger partial charge in [-0.25, -0.2) is 0 Å². The summed E-state index contributed by atoms with van der Waals surface area (Å²) in [6, 6.07) is 15.0. The van der Waals surface area contributed by atoms with E-state index in [1.54, 1.807) is 6.07 Å². The summed E-state index contributed by atoms with van der Waals surface area (Å²) in [5, 5.41) is 2.79. The molecule has 0 heterocycles. The van der Waals surface area contributed by atoms with Gasteiger partial charge in [0.15, 0.2) is 6.61 Å². The minimum absolute atomic E-state index is 0.0258. The number of anilines is 1. The largest absolute Gasteiger partial charge is 0.484 e. The molecule has 2 rings (SSSR count). The summed E-state index contributed by atoms with van der Waals surface area (Å²) in [5.41, 5.74) is 8.40. The average molecular weight is 270 g/mol. The number of nitrogens with two attached hydrogens (primary N) is 1. The Bertz CT molecular complexity index is 597. The second-order valence-electron chi connectivity index (χ2n) is 4.56. The van der Waals surface area contributed by atoms with Crippen LogP contribution in [-0.2, 0) is 11.3 Å². The average Bonchev–Trinajstić information content (AvgIpc) is 2.45. The molecule has 0 spiro atoms. The molecule has 1 amide bonds. The smallest absolute Gasteiger partial charge is 0.262 e. The van der Waals surface area contributed by atoms with E-state index in [4.69, 9.17) is 10.5 Å². The topological polar surface area (TPSA) is 64.3 Å². The molecular formula is C16H18N2O2. The van der Waals surface area contributed by atoms with Crippen molar-refractivity contribution < 1.29 is 9.53 Å². The Morgan fingerprint density at radius 1 is 1.20 bits per heavy atom. The summed E-state index contributed by atoms with van der Waals surface area (Å²) in [6.45, 7) is 2.40. The summed E-state index contributed by atoms with van der Waals surface area (Å²) in [4.78, 5) is 11.8. The highest BCUT2D eigenvalue weighted by atomic mass is 16.5. The van der Waals surface area contributed by atoms with E-state index in [1.165, 1.54) is 0 Å². The van der Waals surface area contributed by atoms with Gasteiger partial charge in [-0.1, -0.05) is 24.3 Å². The third-order valence-corrected chi connectivity index (χ3v) is 2.81. The van der Waals surface area contributed by atoms with Gasteiger partial charge in [-0.15, -0.1) is 0 Å². The van der Waals surface area contributed by atoms with E-state index in [-0.39, 0.29) is 12.5 Å². The second-order valence-corrected chi connectivity index (χ2v) is 4.56. The molecule has 0 unspecified atom stereocenters. The SMILES string of the molecule is Cc1cccc(NC(=O)COc2cccc(CN)c2)c1. The highest BCUT2D eigenvalue weighted by Crippen LogP contribution is 2.13. The fourth-order valence-electron chi connectivity index (χ4n) is 1.83. The van der Waals surface area contributed by atoms with E-state index in [2.05, 4.69) is 5.32 Å². The molecule has 104 valence electrons. The third kappa shape index (κ3) is 4.10. The Balaban J connectivity index is 1.88. The maximum absolute atomic E-state index is 11.8. The van der Waals surface area contributed by atoms with E-state index >= 15 is 0 Å². The van der Waals surface area contributed by atoms with Crippen LogP contribution in [0.3, 0.4) is 0 Å². The zero-order valence-electron chi connectivity index (χ0n) is 11.4. The van der Waals surface area contributed by atoms with Crippen molar-refractivity contribution in [3.63, 3.8) is 0 Å². The Hall–Kier alpha value is -2.33. The number of hydrogen-bond donors (Lipinski definition) is 2. The number of rotatable bonds is 5. The van der Waals surface area contributed by atoms with E-state index in [0.29, 0.717) is 12.3 Å². The van der Waals surface area contributed by atoms with Crippen molar-refractivity contribution in [2.75, 3.05) is 11.9 Å². The zero-order valence-corrected chi connectivity index (χ0v) is 11.4. The van der Waals surface area contributed by atoms with Crippen molar-refractivity contribution >= 4 is 11.6 Å². The summed E-state index contributed by atoms with van der Waals surface area (Å²) in [7, 11) is 0. The summed E-state index contributed by atoms with van der Waals surface area (Å²) in [5.74, 6) is 0.459. The molecule has 0 fully saturated rings. The second kappa shape index (κ2) is 6.73. The molecule has 0 aliphatic heterocycles. The van der Waals surface area contributed by atoms with Crippen LogP contribution < -0.4 is 15.8 Å². The van der Waals surface area contributed by atoms with Crippen LogP contribution in [0.25, 0.3) is 0 Å². The number of aryl methyl sites for hydroxylation is 1. The van der Waals surface area contributed by atoms with Crippen LogP contribution in [0, 0.1) is 6.92 Å². The number of hydrogen-bond acceptors (Lipinski definition) is 3. The van der Waals surface area contributed by atoms with Gasteiger partial charge >= 0.3 is 0 Å². The number of nitrogens with one attached hydrogen (secondary N) is 1. The van der Waals surface area contributed by atoms with Crippen LogP contribution >= 0.6 is 0 Å². The highest BCUT2D eigenvalue weighted by molar-refractivity contribution is 5.91. The molecule has 0 radical (unpaired) electrons. The predicted molar refractivity (Wildman–Crippen MR) is 79.6 cm³/mol. The minimum Gasteiger partial charge on any atom is -0.484 e. The van der Waals surface area contributed by atoms with Crippen LogP contribution in [-0.4, -0.2) is 12.5 Å². The normalized spacial score (nSPS) is 10.1. The molecule has 0 bridgehead atoms. The number of carbonyl (C=O) groups is 1. The standard InChI is InChI=1S/C16H18N2O2/c1-12-4-2-6-14(8-12)18-16(19)11-20-15-7-3-5-13(9-15)10-17/h2-9H,10-11,17H2,1H3,(H,18,19). The molecule has 0 aromatic heterocycles. The molecule has 4 heteroatoms. The molecular weight excluding hydrogens is 252 g/mol. The Morgan fingerprint density at radius 2 is 2.00 bits per heavy atom. The van der Waals surface area contributed by atoms with Crippen molar-refractivity contribution in [3.05, 3.63) is 59.7 Å². The Morgan fingerprint density at radius 3 is 2.75 bits per heavy atom. The lowest BCUT2D eigenvalue weighted by Gasteiger charge is -2.08. The van der Waals surface area contributed by atoms with E-state index in [1.807, 2.05) is 49.4 Å². The van der Waals surface area contributed by atoms with Gasteiger partial charge in [0.05, 0.1) is 0 Å². The fourth-order valence-corrected chi connectivity index (χ4v) is 1.83. The van der Waals surface area contributed by atoms with Crippen LogP contribution in [0.15, 0.2) is 48.5 Å². The molecule has 0 aliphatic rings. The first-order valence-electron chi connectivity index (χ1n) is 6.46. The maximum atomic E-state index is 11.8. The first kappa shape index (κ1) is 14.1. The van der Waals surface area contributed by atoms with Crippen molar-refractivity contribution in [2.24, 2.45) is 5.73 Å². The van der Waals surface area contributed by atoms with Gasteiger partial charge in [-0.05, 0) is 42.3 Å². The zero-order chi connectivity index (χ0) is 14.4. The number of amides is 1. The quantitative estimate of drug-likeness (QED) is 0.877. The van der Waals surface area contributed by atoms with E-state index < -0.39 is 0 Å². The maximum Gasteiger partial charge on any atom is 0.262 e. The van der Waals surface area contributed by atoms with Gasteiger partial charge in [-0.2, -0.15) is 0 Å². The van der Waals surface area contributed by atoms with Gasteiger partial charge in [-0.3, -0.25) is 4.79 Å². The number of carbonyl (C=O) groups excluding carboxylic acids is 1. The molecule has 0 saturated carbocycles. The van der Waals surface area contributed by atoms with Gasteiger partial charge in [0.25, 0.3) is 5.91 Å². The van der Waals surface area contributed by atoms with Crippen LogP contribution in [0.1, 0.15) is 11.1 Å². The number of benzene rings is 2. The molecule has 0 saturated heterocycles. The van der Waals surface area contributed by atoms with Gasteiger partial charge in [0.1, 0.15) is 5.75 Å². The highest BCUT2D eigenvalue weighted by Gasteiger charge is 2.04. The van der Waals surface area contributed by atoms with Gasteiger partial charge in [0.2, 0.25) is 0 Å².